The lowest BCUT2D eigenvalue weighted by atomic mass is 9.99. The van der Waals surface area contributed by atoms with Crippen LogP contribution in [-0.2, 0) is 12.8 Å². The van der Waals surface area contributed by atoms with Crippen molar-refractivity contribution in [2.75, 3.05) is 12.4 Å². The summed E-state index contributed by atoms with van der Waals surface area (Å²) in [6.07, 6.45) is 4.37. The number of benzene rings is 3. The Morgan fingerprint density at radius 3 is 2.67 bits per heavy atom. The Kier molecular flexibility index (Phi) is 9.53. The first-order valence-electron chi connectivity index (χ1n) is 12.1. The van der Waals surface area contributed by atoms with Crippen LogP contribution in [0.5, 0.6) is 5.75 Å². The second-order valence-electron chi connectivity index (χ2n) is 8.43. The molecule has 3 aromatic carbocycles. The second-order valence-corrected chi connectivity index (χ2v) is 9.88. The molecule has 0 atom stereocenters. The molecule has 0 fully saturated rings. The van der Waals surface area contributed by atoms with Crippen molar-refractivity contribution in [2.24, 2.45) is 0 Å². The Morgan fingerprint density at radius 2 is 1.86 bits per heavy atom. The number of ether oxygens (including phenoxy) is 1. The summed E-state index contributed by atoms with van der Waals surface area (Å²) in [4.78, 5) is 12.8. The maximum atomic E-state index is 12.8. The first-order valence-corrected chi connectivity index (χ1v) is 13.5. The maximum absolute atomic E-state index is 12.8. The van der Waals surface area contributed by atoms with E-state index in [-0.39, 0.29) is 5.78 Å². The monoisotopic (exact) mass is 520 g/mol. The van der Waals surface area contributed by atoms with Crippen LogP contribution in [0.3, 0.4) is 0 Å². The van der Waals surface area contributed by atoms with Crippen molar-refractivity contribution >= 4 is 29.3 Å². The third kappa shape index (κ3) is 7.18. The van der Waals surface area contributed by atoms with Gasteiger partial charge in [0.1, 0.15) is 5.75 Å². The number of unbranched alkanes of at least 4 members (excludes halogenated alkanes) is 1. The van der Waals surface area contributed by atoms with Gasteiger partial charge in [0, 0.05) is 28.3 Å². The minimum absolute atomic E-state index is 0.0360. The molecular weight excluding hydrogens is 492 g/mol. The summed E-state index contributed by atoms with van der Waals surface area (Å²) < 4.78 is 7.88. The molecule has 1 aromatic heterocycles. The summed E-state index contributed by atoms with van der Waals surface area (Å²) in [7, 11) is 0. The van der Waals surface area contributed by atoms with E-state index in [1.807, 2.05) is 72.8 Å². The molecule has 0 saturated carbocycles. The predicted octanol–water partition coefficient (Wildman–Crippen LogP) is 6.46. The maximum Gasteiger partial charge on any atom is 0.193 e. The quantitative estimate of drug-likeness (QED) is 0.149. The van der Waals surface area contributed by atoms with Crippen molar-refractivity contribution in [1.82, 2.24) is 19.6 Å². The highest BCUT2D eigenvalue weighted by atomic mass is 35.5. The molecule has 0 unspecified atom stereocenters. The van der Waals surface area contributed by atoms with Crippen LogP contribution in [-0.4, -0.2) is 37.8 Å². The number of hydrogen-bond donors (Lipinski definition) is 0. The van der Waals surface area contributed by atoms with Gasteiger partial charge in [0.05, 0.1) is 6.61 Å². The summed E-state index contributed by atoms with van der Waals surface area (Å²) >= 11 is 7.68. The van der Waals surface area contributed by atoms with Crippen LogP contribution in [0.1, 0.15) is 59.1 Å². The molecule has 0 aliphatic heterocycles. The molecule has 0 amide bonds. The van der Waals surface area contributed by atoms with E-state index in [4.69, 9.17) is 16.3 Å². The normalized spacial score (nSPS) is 10.9. The third-order valence-corrected chi connectivity index (χ3v) is 6.88. The van der Waals surface area contributed by atoms with E-state index in [2.05, 4.69) is 22.4 Å². The topological polar surface area (TPSA) is 69.9 Å². The van der Waals surface area contributed by atoms with Crippen molar-refractivity contribution < 1.29 is 9.53 Å². The Hall–Kier alpha value is -3.16. The van der Waals surface area contributed by atoms with Gasteiger partial charge in [-0.15, -0.1) is 5.10 Å². The van der Waals surface area contributed by atoms with Crippen molar-refractivity contribution in [3.05, 3.63) is 106 Å². The molecule has 0 N–H and O–H groups in total. The zero-order chi connectivity index (χ0) is 25.2. The Bertz CT molecular complexity index is 1280. The lowest BCUT2D eigenvalue weighted by molar-refractivity contribution is 0.103. The number of rotatable bonds is 13. The average molecular weight is 521 g/mol. The third-order valence-electron chi connectivity index (χ3n) is 5.64. The fourth-order valence-electron chi connectivity index (χ4n) is 3.85. The van der Waals surface area contributed by atoms with E-state index in [1.165, 1.54) is 0 Å². The number of hydrogen-bond acceptors (Lipinski definition) is 6. The lowest BCUT2D eigenvalue weighted by Crippen LogP contribution is -2.05. The molecule has 8 heteroatoms. The van der Waals surface area contributed by atoms with Crippen molar-refractivity contribution in [3.8, 4) is 5.75 Å². The second kappa shape index (κ2) is 13.2. The molecule has 6 nitrogen and oxygen atoms in total. The molecule has 0 radical (unpaired) electrons. The summed E-state index contributed by atoms with van der Waals surface area (Å²) in [6, 6.07) is 22.9. The van der Waals surface area contributed by atoms with Gasteiger partial charge in [-0.25, -0.2) is 0 Å². The van der Waals surface area contributed by atoms with E-state index >= 15 is 0 Å². The van der Waals surface area contributed by atoms with Gasteiger partial charge in [0.15, 0.2) is 11.6 Å². The number of nitrogens with zero attached hydrogens (tertiary/aromatic N) is 4. The number of tetrazole rings is 1. The molecule has 36 heavy (non-hydrogen) atoms. The predicted molar refractivity (Wildman–Crippen MR) is 145 cm³/mol. The minimum Gasteiger partial charge on any atom is -0.493 e. The molecule has 4 rings (SSSR count). The first kappa shape index (κ1) is 25.9. The molecule has 0 spiro atoms. The van der Waals surface area contributed by atoms with Crippen molar-refractivity contribution in [1.29, 1.82) is 0 Å². The van der Waals surface area contributed by atoms with E-state index in [0.29, 0.717) is 29.2 Å². The summed E-state index contributed by atoms with van der Waals surface area (Å²) in [5, 5.41) is 12.8. The number of halogens is 1. The van der Waals surface area contributed by atoms with Gasteiger partial charge in [-0.2, -0.15) is 4.09 Å². The molecule has 0 aliphatic carbocycles. The highest BCUT2D eigenvalue weighted by Crippen LogP contribution is 2.24. The van der Waals surface area contributed by atoms with Gasteiger partial charge < -0.3 is 4.74 Å². The minimum atomic E-state index is 0.0360. The number of aromatic nitrogens is 4. The van der Waals surface area contributed by atoms with Crippen molar-refractivity contribution in [3.63, 3.8) is 0 Å². The summed E-state index contributed by atoms with van der Waals surface area (Å²) in [6.45, 7) is 2.75. The average Bonchev–Trinajstić information content (AvgIpc) is 3.33. The van der Waals surface area contributed by atoms with Gasteiger partial charge in [-0.1, -0.05) is 67.4 Å². The fraction of sp³-hybridized carbons (Fsp3) is 0.286. The Morgan fingerprint density at radius 1 is 1.00 bits per heavy atom. The number of ketones is 1. The van der Waals surface area contributed by atoms with Gasteiger partial charge in [0.25, 0.3) is 0 Å². The molecule has 0 bridgehead atoms. The molecule has 1 heterocycles. The van der Waals surface area contributed by atoms with Crippen LogP contribution < -0.4 is 4.74 Å². The van der Waals surface area contributed by atoms with Crippen LogP contribution in [0, 0.1) is 0 Å². The van der Waals surface area contributed by atoms with Gasteiger partial charge >= 0.3 is 0 Å². The van der Waals surface area contributed by atoms with Crippen LogP contribution in [0.25, 0.3) is 0 Å². The zero-order valence-corrected chi connectivity index (χ0v) is 21.8. The highest BCUT2D eigenvalue weighted by Gasteiger charge is 2.13. The lowest BCUT2D eigenvalue weighted by Gasteiger charge is -2.13. The van der Waals surface area contributed by atoms with E-state index in [1.54, 1.807) is 16.0 Å². The van der Waals surface area contributed by atoms with Crippen molar-refractivity contribution in [2.45, 2.75) is 39.0 Å². The standard InChI is InChI=1S/C28H29ClN4O2S/c1-2-9-23-20-24(28(34)22-11-4-3-5-12-22)14-15-26(23)35-16-6-7-17-36-33-27(30-31-32-33)19-21-10-8-13-25(29)18-21/h3-5,8,10-15,18,20H,2,6-7,9,16-17,19H2,1H3. The Labute approximate surface area is 221 Å². The van der Waals surface area contributed by atoms with Crippen LogP contribution in [0.2, 0.25) is 5.02 Å². The van der Waals surface area contributed by atoms with Crippen LogP contribution in [0.4, 0.5) is 0 Å². The highest BCUT2D eigenvalue weighted by molar-refractivity contribution is 7.97. The SMILES string of the molecule is CCCc1cc(C(=O)c2ccccc2)ccc1OCCCCSn1nnnc1Cc1cccc(Cl)c1. The summed E-state index contributed by atoms with van der Waals surface area (Å²) in [5.41, 5.74) is 3.55. The largest absolute Gasteiger partial charge is 0.493 e. The zero-order valence-electron chi connectivity index (χ0n) is 20.3. The molecule has 0 aliphatic rings. The van der Waals surface area contributed by atoms with Crippen LogP contribution >= 0.6 is 23.5 Å². The Balaban J connectivity index is 1.25. The molecular formula is C28H29ClN4O2S. The number of aryl methyl sites for hydroxylation is 1. The summed E-state index contributed by atoms with van der Waals surface area (Å²) in [5.74, 6) is 2.57. The molecule has 0 saturated heterocycles. The molecule has 4 aromatic rings. The van der Waals surface area contributed by atoms with E-state index in [0.717, 1.165) is 54.1 Å². The van der Waals surface area contributed by atoms with Gasteiger partial charge in [-0.3, -0.25) is 4.79 Å². The van der Waals surface area contributed by atoms with Crippen LogP contribution in [0.15, 0.2) is 72.8 Å². The van der Waals surface area contributed by atoms with E-state index in [9.17, 15) is 4.79 Å². The van der Waals surface area contributed by atoms with E-state index < -0.39 is 0 Å². The number of carbonyl (C=O) groups is 1. The van der Waals surface area contributed by atoms with Gasteiger partial charge in [-0.05, 0) is 83.1 Å². The molecule has 186 valence electrons. The number of carbonyl (C=O) groups excluding carboxylic acids is 1. The first-order chi connectivity index (χ1) is 17.6. The smallest absolute Gasteiger partial charge is 0.193 e. The fourth-order valence-corrected chi connectivity index (χ4v) is 4.90. The van der Waals surface area contributed by atoms with Gasteiger partial charge in [0.2, 0.25) is 0 Å².